The Bertz CT molecular complexity index is 416. The van der Waals surface area contributed by atoms with Crippen LogP contribution in [0.15, 0.2) is 0 Å². The molecule has 19 heavy (non-hydrogen) atoms. The number of hydrogen-bond donors (Lipinski definition) is 2. The van der Waals surface area contributed by atoms with Gasteiger partial charge >= 0.3 is 6.01 Å². The van der Waals surface area contributed by atoms with Crippen LogP contribution in [-0.4, -0.2) is 50.9 Å². The van der Waals surface area contributed by atoms with Crippen molar-refractivity contribution < 1.29 is 8.95 Å². The Labute approximate surface area is 116 Å². The Balaban J connectivity index is 2.71. The summed E-state index contributed by atoms with van der Waals surface area (Å²) in [5, 5.41) is 6.04. The second-order valence-corrected chi connectivity index (χ2v) is 5.40. The number of hydrogen-bond acceptors (Lipinski definition) is 7. The van der Waals surface area contributed by atoms with Crippen molar-refractivity contribution in [3.63, 3.8) is 0 Å². The van der Waals surface area contributed by atoms with Gasteiger partial charge in [0, 0.05) is 35.9 Å². The lowest BCUT2D eigenvalue weighted by Crippen LogP contribution is -2.14. The number of rotatable bonds is 9. The highest BCUT2D eigenvalue weighted by Crippen LogP contribution is 2.11. The van der Waals surface area contributed by atoms with Crippen LogP contribution in [0, 0.1) is 0 Å². The van der Waals surface area contributed by atoms with Crippen molar-refractivity contribution in [2.24, 2.45) is 0 Å². The topological polar surface area (TPSA) is 89.0 Å². The zero-order chi connectivity index (χ0) is 14.1. The van der Waals surface area contributed by atoms with E-state index in [0.717, 1.165) is 13.0 Å². The molecule has 0 saturated carbocycles. The number of aromatic nitrogens is 3. The van der Waals surface area contributed by atoms with Gasteiger partial charge < -0.3 is 15.4 Å². The third-order valence-corrected chi connectivity index (χ3v) is 2.84. The average Bonchev–Trinajstić information content (AvgIpc) is 2.36. The molecule has 2 N–H and O–H groups in total. The molecule has 0 bridgehead atoms. The maximum atomic E-state index is 11.0. The molecule has 0 aliphatic heterocycles. The molecule has 0 aliphatic carbocycles. The van der Waals surface area contributed by atoms with Gasteiger partial charge in [-0.3, -0.25) is 4.21 Å². The molecule has 0 fully saturated rings. The van der Waals surface area contributed by atoms with Crippen LogP contribution in [0.5, 0.6) is 6.01 Å². The molecule has 8 heteroatoms. The van der Waals surface area contributed by atoms with Crippen LogP contribution in [0.2, 0.25) is 0 Å². The van der Waals surface area contributed by atoms with Gasteiger partial charge in [0.15, 0.2) is 0 Å². The van der Waals surface area contributed by atoms with Gasteiger partial charge in [0.25, 0.3) is 0 Å². The van der Waals surface area contributed by atoms with Crippen molar-refractivity contribution in [1.82, 2.24) is 15.0 Å². The summed E-state index contributed by atoms with van der Waals surface area (Å²) in [5.41, 5.74) is 0. The zero-order valence-corrected chi connectivity index (χ0v) is 12.4. The van der Waals surface area contributed by atoms with Gasteiger partial charge in [-0.2, -0.15) is 15.0 Å². The number of anilines is 2. The van der Waals surface area contributed by atoms with Gasteiger partial charge in [0.05, 0.1) is 6.61 Å². The molecule has 0 aliphatic rings. The number of nitrogens with one attached hydrogen (secondary N) is 2. The van der Waals surface area contributed by atoms with E-state index in [-0.39, 0.29) is 0 Å². The second kappa shape index (κ2) is 8.63. The van der Waals surface area contributed by atoms with E-state index < -0.39 is 10.8 Å². The molecule has 0 amide bonds. The lowest BCUT2D eigenvalue weighted by atomic mass is 10.5. The third kappa shape index (κ3) is 6.32. The molecule has 0 spiro atoms. The summed E-state index contributed by atoms with van der Waals surface area (Å²) in [6, 6.07) is 0.299. The van der Waals surface area contributed by atoms with Crippen molar-refractivity contribution >= 4 is 22.7 Å². The summed E-state index contributed by atoms with van der Waals surface area (Å²) in [6.07, 6.45) is 2.55. The van der Waals surface area contributed by atoms with Gasteiger partial charge in [-0.15, -0.1) is 0 Å². The van der Waals surface area contributed by atoms with Crippen molar-refractivity contribution in [3.05, 3.63) is 0 Å². The van der Waals surface area contributed by atoms with Crippen molar-refractivity contribution in [2.45, 2.75) is 20.3 Å². The number of nitrogens with zero attached hydrogens (tertiary/aromatic N) is 3. The molecule has 1 rings (SSSR count). The van der Waals surface area contributed by atoms with Gasteiger partial charge in [0.2, 0.25) is 11.9 Å². The largest absolute Gasteiger partial charge is 0.463 e. The summed E-state index contributed by atoms with van der Waals surface area (Å²) >= 11 is 0. The Kier molecular flexibility index (Phi) is 7.09. The van der Waals surface area contributed by atoms with Crippen LogP contribution in [0.4, 0.5) is 11.9 Å². The zero-order valence-electron chi connectivity index (χ0n) is 11.6. The fourth-order valence-corrected chi connectivity index (χ4v) is 1.63. The SMILES string of the molecule is CCCOc1nc(NCC)nc(NCCS(C)=O)n1. The lowest BCUT2D eigenvalue weighted by molar-refractivity contribution is 0.292. The fraction of sp³-hybridized carbons (Fsp3) is 0.727. The molecule has 1 aromatic heterocycles. The molecule has 7 nitrogen and oxygen atoms in total. The van der Waals surface area contributed by atoms with Crippen LogP contribution in [-0.2, 0) is 10.8 Å². The van der Waals surface area contributed by atoms with Gasteiger partial charge in [0.1, 0.15) is 0 Å². The average molecular weight is 287 g/mol. The van der Waals surface area contributed by atoms with Crippen molar-refractivity contribution in [2.75, 3.05) is 42.3 Å². The smallest absolute Gasteiger partial charge is 0.323 e. The molecule has 0 saturated heterocycles. The standard InChI is InChI=1S/C11H21N5O2S/c1-4-7-18-11-15-9(12-5-2)14-10(16-11)13-6-8-19(3)17/h4-8H2,1-3H3,(H2,12,13,14,15,16). The first-order valence-corrected chi connectivity index (χ1v) is 8.05. The highest BCUT2D eigenvalue weighted by molar-refractivity contribution is 7.84. The molecule has 1 heterocycles. The maximum absolute atomic E-state index is 11.0. The van der Waals surface area contributed by atoms with Crippen molar-refractivity contribution in [1.29, 1.82) is 0 Å². The number of ether oxygens (including phenoxy) is 1. The minimum atomic E-state index is -0.839. The first-order chi connectivity index (χ1) is 9.15. The first kappa shape index (κ1) is 15.6. The second-order valence-electron chi connectivity index (χ2n) is 3.85. The summed E-state index contributed by atoms with van der Waals surface area (Å²) in [5.74, 6) is 1.46. The molecule has 1 atom stereocenters. The van der Waals surface area contributed by atoms with Crippen LogP contribution in [0.25, 0.3) is 0 Å². The molecular formula is C11H21N5O2S. The summed E-state index contributed by atoms with van der Waals surface area (Å²) in [4.78, 5) is 12.5. The van der Waals surface area contributed by atoms with E-state index in [2.05, 4.69) is 25.6 Å². The Morgan fingerprint density at radius 1 is 1.16 bits per heavy atom. The summed E-state index contributed by atoms with van der Waals surface area (Å²) in [7, 11) is -0.839. The summed E-state index contributed by atoms with van der Waals surface area (Å²) < 4.78 is 16.4. The minimum Gasteiger partial charge on any atom is -0.463 e. The monoisotopic (exact) mass is 287 g/mol. The summed E-state index contributed by atoms with van der Waals surface area (Å²) in [6.45, 7) is 5.81. The molecule has 1 unspecified atom stereocenters. The normalized spacial score (nSPS) is 11.9. The molecule has 0 aromatic carbocycles. The molecule has 0 radical (unpaired) electrons. The molecular weight excluding hydrogens is 266 g/mol. The van der Waals surface area contributed by atoms with Gasteiger partial charge in [-0.1, -0.05) is 6.92 Å². The molecule has 1 aromatic rings. The highest BCUT2D eigenvalue weighted by atomic mass is 32.2. The van der Waals surface area contributed by atoms with Crippen LogP contribution < -0.4 is 15.4 Å². The minimum absolute atomic E-state index is 0.299. The first-order valence-electron chi connectivity index (χ1n) is 6.32. The molecule has 108 valence electrons. The highest BCUT2D eigenvalue weighted by Gasteiger charge is 2.06. The Morgan fingerprint density at radius 3 is 2.42 bits per heavy atom. The Hall–Kier alpha value is -1.44. The van der Waals surface area contributed by atoms with Gasteiger partial charge in [-0.05, 0) is 13.3 Å². The van der Waals surface area contributed by atoms with Gasteiger partial charge in [-0.25, -0.2) is 0 Å². The van der Waals surface area contributed by atoms with E-state index in [1.807, 2.05) is 13.8 Å². The van der Waals surface area contributed by atoms with E-state index in [0.29, 0.717) is 36.8 Å². The van der Waals surface area contributed by atoms with E-state index in [9.17, 15) is 4.21 Å². The third-order valence-electron chi connectivity index (χ3n) is 2.06. The fourth-order valence-electron chi connectivity index (χ4n) is 1.24. The van der Waals surface area contributed by atoms with E-state index in [1.54, 1.807) is 6.26 Å². The Morgan fingerprint density at radius 2 is 1.84 bits per heavy atom. The maximum Gasteiger partial charge on any atom is 0.323 e. The van der Waals surface area contributed by atoms with E-state index >= 15 is 0 Å². The quantitative estimate of drug-likeness (QED) is 0.697. The van der Waals surface area contributed by atoms with E-state index in [1.165, 1.54) is 0 Å². The van der Waals surface area contributed by atoms with Crippen molar-refractivity contribution in [3.8, 4) is 6.01 Å². The van der Waals surface area contributed by atoms with E-state index in [4.69, 9.17) is 4.74 Å². The van der Waals surface area contributed by atoms with Crippen LogP contribution in [0.3, 0.4) is 0 Å². The van der Waals surface area contributed by atoms with Crippen LogP contribution >= 0.6 is 0 Å². The predicted molar refractivity (Wildman–Crippen MR) is 77.2 cm³/mol. The lowest BCUT2D eigenvalue weighted by Gasteiger charge is -2.09. The predicted octanol–water partition coefficient (Wildman–Crippen LogP) is 0.883. The van der Waals surface area contributed by atoms with Crippen LogP contribution in [0.1, 0.15) is 20.3 Å².